The van der Waals surface area contributed by atoms with Crippen LogP contribution in [0.15, 0.2) is 30.3 Å². The Balaban J connectivity index is 1.62. The van der Waals surface area contributed by atoms with Crippen molar-refractivity contribution in [3.8, 4) is 0 Å². The van der Waals surface area contributed by atoms with E-state index in [1.54, 1.807) is 0 Å². The highest BCUT2D eigenvalue weighted by Crippen LogP contribution is 2.25. The first-order valence-electron chi connectivity index (χ1n) is 7.15. The SMILES string of the molecule is O=C(Cc1ccccc1)NCCC1CCCCC1. The summed E-state index contributed by atoms with van der Waals surface area (Å²) in [7, 11) is 0. The molecule has 1 aromatic carbocycles. The van der Waals surface area contributed by atoms with Crippen molar-refractivity contribution >= 4 is 5.91 Å². The van der Waals surface area contributed by atoms with E-state index in [9.17, 15) is 4.79 Å². The van der Waals surface area contributed by atoms with Gasteiger partial charge in [0, 0.05) is 6.54 Å². The fraction of sp³-hybridized carbons (Fsp3) is 0.562. The summed E-state index contributed by atoms with van der Waals surface area (Å²) in [5.41, 5.74) is 1.09. The molecule has 18 heavy (non-hydrogen) atoms. The number of carbonyl (C=O) groups is 1. The fourth-order valence-corrected chi connectivity index (χ4v) is 2.74. The minimum Gasteiger partial charge on any atom is -0.356 e. The molecule has 1 aromatic rings. The largest absolute Gasteiger partial charge is 0.356 e. The summed E-state index contributed by atoms with van der Waals surface area (Å²) < 4.78 is 0. The molecule has 2 rings (SSSR count). The van der Waals surface area contributed by atoms with E-state index in [4.69, 9.17) is 0 Å². The Bertz CT molecular complexity index is 355. The van der Waals surface area contributed by atoms with Crippen LogP contribution in [0, 0.1) is 5.92 Å². The lowest BCUT2D eigenvalue weighted by Crippen LogP contribution is -2.27. The molecule has 1 aliphatic rings. The molecule has 0 bridgehead atoms. The summed E-state index contributed by atoms with van der Waals surface area (Å²) in [5, 5.41) is 3.04. The van der Waals surface area contributed by atoms with Crippen LogP contribution in [0.2, 0.25) is 0 Å². The molecule has 1 saturated carbocycles. The molecule has 1 fully saturated rings. The topological polar surface area (TPSA) is 29.1 Å². The highest BCUT2D eigenvalue weighted by Gasteiger charge is 2.13. The van der Waals surface area contributed by atoms with Gasteiger partial charge in [0.2, 0.25) is 5.91 Å². The molecule has 0 atom stereocenters. The molecule has 0 aliphatic heterocycles. The van der Waals surface area contributed by atoms with Gasteiger partial charge >= 0.3 is 0 Å². The van der Waals surface area contributed by atoms with Crippen LogP contribution >= 0.6 is 0 Å². The van der Waals surface area contributed by atoms with Crippen molar-refractivity contribution in [2.75, 3.05) is 6.54 Å². The Kier molecular flexibility index (Phi) is 5.25. The minimum atomic E-state index is 0.150. The molecule has 0 spiro atoms. The van der Waals surface area contributed by atoms with E-state index >= 15 is 0 Å². The van der Waals surface area contributed by atoms with Gasteiger partial charge in [-0.25, -0.2) is 0 Å². The molecule has 1 N–H and O–H groups in total. The molecular formula is C16H23NO. The van der Waals surface area contributed by atoms with Gasteiger partial charge in [0.15, 0.2) is 0 Å². The zero-order valence-electron chi connectivity index (χ0n) is 11.0. The Hall–Kier alpha value is -1.31. The van der Waals surface area contributed by atoms with E-state index in [1.165, 1.54) is 32.1 Å². The van der Waals surface area contributed by atoms with Gasteiger partial charge in [-0.1, -0.05) is 62.4 Å². The van der Waals surface area contributed by atoms with E-state index in [1.807, 2.05) is 30.3 Å². The van der Waals surface area contributed by atoms with Gasteiger partial charge in [-0.15, -0.1) is 0 Å². The standard InChI is InChI=1S/C16H23NO/c18-16(13-15-9-5-2-6-10-15)17-12-11-14-7-3-1-4-8-14/h2,5-6,9-10,14H,1,3-4,7-8,11-13H2,(H,17,18). The van der Waals surface area contributed by atoms with Crippen molar-refractivity contribution in [2.45, 2.75) is 44.9 Å². The summed E-state index contributed by atoms with van der Waals surface area (Å²) in [4.78, 5) is 11.7. The first kappa shape index (κ1) is 13.1. The first-order chi connectivity index (χ1) is 8.84. The second kappa shape index (κ2) is 7.20. The molecule has 0 heterocycles. The third-order valence-corrected chi connectivity index (χ3v) is 3.81. The average molecular weight is 245 g/mol. The van der Waals surface area contributed by atoms with E-state index in [0.29, 0.717) is 6.42 Å². The lowest BCUT2D eigenvalue weighted by atomic mass is 9.87. The summed E-state index contributed by atoms with van der Waals surface area (Å²) in [6, 6.07) is 9.93. The summed E-state index contributed by atoms with van der Waals surface area (Å²) in [6.07, 6.45) is 8.53. The Morgan fingerprint density at radius 2 is 1.83 bits per heavy atom. The molecule has 2 nitrogen and oxygen atoms in total. The van der Waals surface area contributed by atoms with Gasteiger partial charge in [0.25, 0.3) is 0 Å². The summed E-state index contributed by atoms with van der Waals surface area (Å²) in [6.45, 7) is 0.844. The molecule has 2 heteroatoms. The number of hydrogen-bond donors (Lipinski definition) is 1. The van der Waals surface area contributed by atoms with E-state index < -0.39 is 0 Å². The van der Waals surface area contributed by atoms with Crippen molar-refractivity contribution in [1.82, 2.24) is 5.32 Å². The van der Waals surface area contributed by atoms with Crippen LogP contribution in [-0.2, 0) is 11.2 Å². The molecule has 0 unspecified atom stereocenters. The van der Waals surface area contributed by atoms with E-state index in [-0.39, 0.29) is 5.91 Å². The van der Waals surface area contributed by atoms with Crippen LogP contribution in [0.4, 0.5) is 0 Å². The van der Waals surface area contributed by atoms with Gasteiger partial charge < -0.3 is 5.32 Å². The van der Waals surface area contributed by atoms with Crippen LogP contribution in [0.5, 0.6) is 0 Å². The lowest BCUT2D eigenvalue weighted by Gasteiger charge is -2.21. The smallest absolute Gasteiger partial charge is 0.224 e. The van der Waals surface area contributed by atoms with Crippen molar-refractivity contribution in [3.63, 3.8) is 0 Å². The van der Waals surface area contributed by atoms with E-state index in [0.717, 1.165) is 24.4 Å². The van der Waals surface area contributed by atoms with Gasteiger partial charge in [0.1, 0.15) is 0 Å². The van der Waals surface area contributed by atoms with Crippen molar-refractivity contribution < 1.29 is 4.79 Å². The van der Waals surface area contributed by atoms with Gasteiger partial charge in [-0.3, -0.25) is 4.79 Å². The number of benzene rings is 1. The van der Waals surface area contributed by atoms with E-state index in [2.05, 4.69) is 5.32 Å². The minimum absolute atomic E-state index is 0.150. The third-order valence-electron chi connectivity index (χ3n) is 3.81. The zero-order chi connectivity index (χ0) is 12.6. The Labute approximate surface area is 110 Å². The number of nitrogens with one attached hydrogen (secondary N) is 1. The van der Waals surface area contributed by atoms with Crippen LogP contribution in [0.25, 0.3) is 0 Å². The predicted octanol–water partition coefficient (Wildman–Crippen LogP) is 3.32. The van der Waals surface area contributed by atoms with Crippen LogP contribution in [0.3, 0.4) is 0 Å². The molecule has 1 amide bonds. The monoisotopic (exact) mass is 245 g/mol. The molecule has 1 aliphatic carbocycles. The Morgan fingerprint density at radius 1 is 1.11 bits per heavy atom. The zero-order valence-corrected chi connectivity index (χ0v) is 11.0. The fourth-order valence-electron chi connectivity index (χ4n) is 2.74. The maximum Gasteiger partial charge on any atom is 0.224 e. The summed E-state index contributed by atoms with van der Waals surface area (Å²) >= 11 is 0. The quantitative estimate of drug-likeness (QED) is 0.847. The number of rotatable bonds is 5. The number of amides is 1. The predicted molar refractivity (Wildman–Crippen MR) is 74.3 cm³/mol. The second-order valence-electron chi connectivity index (χ2n) is 5.31. The summed E-state index contributed by atoms with van der Waals surface area (Å²) in [5.74, 6) is 0.993. The number of hydrogen-bond acceptors (Lipinski definition) is 1. The lowest BCUT2D eigenvalue weighted by molar-refractivity contribution is -0.120. The van der Waals surface area contributed by atoms with Crippen molar-refractivity contribution in [2.24, 2.45) is 5.92 Å². The molecule has 0 aromatic heterocycles. The van der Waals surface area contributed by atoms with Crippen LogP contribution in [0.1, 0.15) is 44.1 Å². The molecule has 0 saturated heterocycles. The van der Waals surface area contributed by atoms with Crippen molar-refractivity contribution in [1.29, 1.82) is 0 Å². The van der Waals surface area contributed by atoms with Gasteiger partial charge in [-0.2, -0.15) is 0 Å². The normalized spacial score (nSPS) is 16.4. The Morgan fingerprint density at radius 3 is 2.56 bits per heavy atom. The van der Waals surface area contributed by atoms with Crippen LogP contribution < -0.4 is 5.32 Å². The highest BCUT2D eigenvalue weighted by atomic mass is 16.1. The molecular weight excluding hydrogens is 222 g/mol. The number of carbonyl (C=O) groups excluding carboxylic acids is 1. The van der Waals surface area contributed by atoms with Crippen molar-refractivity contribution in [3.05, 3.63) is 35.9 Å². The van der Waals surface area contributed by atoms with Gasteiger partial charge in [0.05, 0.1) is 6.42 Å². The maximum absolute atomic E-state index is 11.7. The van der Waals surface area contributed by atoms with Gasteiger partial charge in [-0.05, 0) is 17.9 Å². The third kappa shape index (κ3) is 4.52. The second-order valence-corrected chi connectivity index (χ2v) is 5.31. The first-order valence-corrected chi connectivity index (χ1v) is 7.15. The average Bonchev–Trinajstić information content (AvgIpc) is 2.41. The maximum atomic E-state index is 11.7. The highest BCUT2D eigenvalue weighted by molar-refractivity contribution is 5.78. The molecule has 0 radical (unpaired) electrons. The molecule has 98 valence electrons. The van der Waals surface area contributed by atoms with Crippen LogP contribution in [-0.4, -0.2) is 12.5 Å².